The lowest BCUT2D eigenvalue weighted by molar-refractivity contribution is 0.00642. The number of ether oxygens (including phenoxy) is 1. The molecule has 1 aromatic rings. The fourth-order valence-corrected chi connectivity index (χ4v) is 1.15. The topological polar surface area (TPSA) is 63.6 Å². The molecule has 0 bridgehead atoms. The molecule has 0 aromatic heterocycles. The highest BCUT2D eigenvalue weighted by Crippen LogP contribution is 2.16. The summed E-state index contributed by atoms with van der Waals surface area (Å²) in [4.78, 5) is 22.1. The van der Waals surface area contributed by atoms with Crippen LogP contribution in [-0.2, 0) is 4.74 Å². The van der Waals surface area contributed by atoms with E-state index in [9.17, 15) is 14.0 Å². The molecular formula is C12H13FO4. The van der Waals surface area contributed by atoms with Crippen LogP contribution in [0.2, 0.25) is 0 Å². The van der Waals surface area contributed by atoms with Crippen LogP contribution in [0, 0.1) is 5.82 Å². The maximum Gasteiger partial charge on any atom is 0.341 e. The molecule has 0 aliphatic rings. The number of aromatic carboxylic acids is 1. The highest BCUT2D eigenvalue weighted by molar-refractivity contribution is 5.93. The predicted octanol–water partition coefficient (Wildman–Crippen LogP) is 2.48. The van der Waals surface area contributed by atoms with Crippen molar-refractivity contribution in [2.75, 3.05) is 0 Å². The molecule has 0 fully saturated rings. The lowest BCUT2D eigenvalue weighted by atomic mass is 10.1. The monoisotopic (exact) mass is 240 g/mol. The van der Waals surface area contributed by atoms with E-state index in [2.05, 4.69) is 0 Å². The third kappa shape index (κ3) is 3.55. The van der Waals surface area contributed by atoms with E-state index in [4.69, 9.17) is 9.84 Å². The van der Waals surface area contributed by atoms with E-state index in [1.807, 2.05) is 0 Å². The van der Waals surface area contributed by atoms with Gasteiger partial charge in [0, 0.05) is 0 Å². The van der Waals surface area contributed by atoms with Crippen molar-refractivity contribution in [3.8, 4) is 0 Å². The van der Waals surface area contributed by atoms with Gasteiger partial charge in [-0.25, -0.2) is 14.0 Å². The van der Waals surface area contributed by atoms with E-state index in [0.717, 1.165) is 18.2 Å². The van der Waals surface area contributed by atoms with Crippen molar-refractivity contribution in [3.63, 3.8) is 0 Å². The molecule has 0 saturated carbocycles. The summed E-state index contributed by atoms with van der Waals surface area (Å²) in [6.45, 7) is 4.98. The Hall–Kier alpha value is -1.91. The Morgan fingerprint density at radius 1 is 1.29 bits per heavy atom. The van der Waals surface area contributed by atoms with Gasteiger partial charge in [0.05, 0.1) is 11.1 Å². The molecule has 0 atom stereocenters. The number of esters is 1. The smallest absolute Gasteiger partial charge is 0.341 e. The summed E-state index contributed by atoms with van der Waals surface area (Å²) in [5, 5.41) is 8.64. The lowest BCUT2D eigenvalue weighted by Crippen LogP contribution is -2.24. The number of halogens is 1. The number of carboxylic acids is 1. The zero-order valence-corrected chi connectivity index (χ0v) is 9.78. The molecule has 5 heteroatoms. The van der Waals surface area contributed by atoms with E-state index in [-0.39, 0.29) is 11.1 Å². The molecule has 0 unspecified atom stereocenters. The van der Waals surface area contributed by atoms with Gasteiger partial charge in [-0.15, -0.1) is 0 Å². The second-order valence-electron chi connectivity index (χ2n) is 4.50. The third-order valence-electron chi connectivity index (χ3n) is 1.83. The third-order valence-corrected chi connectivity index (χ3v) is 1.83. The minimum Gasteiger partial charge on any atom is -0.478 e. The molecule has 1 N–H and O–H groups in total. The Balaban J connectivity index is 3.00. The summed E-state index contributed by atoms with van der Waals surface area (Å²) in [5.74, 6) is -2.97. The molecule has 0 radical (unpaired) electrons. The second kappa shape index (κ2) is 4.53. The number of hydrogen-bond donors (Lipinski definition) is 1. The fraction of sp³-hybridized carbons (Fsp3) is 0.333. The summed E-state index contributed by atoms with van der Waals surface area (Å²) < 4.78 is 18.5. The van der Waals surface area contributed by atoms with Crippen LogP contribution in [0.3, 0.4) is 0 Å². The van der Waals surface area contributed by atoms with Crippen LogP contribution in [0.25, 0.3) is 0 Å². The Bertz CT molecular complexity index is 460. The predicted molar refractivity (Wildman–Crippen MR) is 58.5 cm³/mol. The minimum absolute atomic E-state index is 0.213. The van der Waals surface area contributed by atoms with Crippen molar-refractivity contribution in [3.05, 3.63) is 35.1 Å². The average molecular weight is 240 g/mol. The maximum absolute atomic E-state index is 13.5. The Morgan fingerprint density at radius 3 is 2.29 bits per heavy atom. The molecule has 0 heterocycles. The molecule has 0 aliphatic carbocycles. The van der Waals surface area contributed by atoms with Crippen LogP contribution in [0.4, 0.5) is 4.39 Å². The summed E-state index contributed by atoms with van der Waals surface area (Å²) in [5.41, 5.74) is -1.21. The first kappa shape index (κ1) is 13.2. The quantitative estimate of drug-likeness (QED) is 0.806. The molecule has 1 aromatic carbocycles. The van der Waals surface area contributed by atoms with Crippen LogP contribution < -0.4 is 0 Å². The largest absolute Gasteiger partial charge is 0.478 e. The number of hydrogen-bond acceptors (Lipinski definition) is 3. The normalized spacial score (nSPS) is 11.1. The Kier molecular flexibility index (Phi) is 3.50. The van der Waals surface area contributed by atoms with Crippen molar-refractivity contribution in [1.29, 1.82) is 0 Å². The van der Waals surface area contributed by atoms with Gasteiger partial charge in [0.1, 0.15) is 11.4 Å². The molecule has 1 rings (SSSR count). The highest BCUT2D eigenvalue weighted by atomic mass is 19.1. The molecule has 0 spiro atoms. The van der Waals surface area contributed by atoms with E-state index < -0.39 is 23.4 Å². The van der Waals surface area contributed by atoms with Crippen molar-refractivity contribution < 1.29 is 23.8 Å². The van der Waals surface area contributed by atoms with Crippen LogP contribution in [0.15, 0.2) is 18.2 Å². The molecule has 0 amide bonds. The maximum atomic E-state index is 13.5. The number of benzene rings is 1. The summed E-state index contributed by atoms with van der Waals surface area (Å²) in [6.07, 6.45) is 0. The zero-order valence-electron chi connectivity index (χ0n) is 9.78. The van der Waals surface area contributed by atoms with Gasteiger partial charge in [-0.2, -0.15) is 0 Å². The van der Waals surface area contributed by atoms with Crippen molar-refractivity contribution >= 4 is 11.9 Å². The first-order valence-electron chi connectivity index (χ1n) is 4.97. The lowest BCUT2D eigenvalue weighted by Gasteiger charge is -2.19. The Labute approximate surface area is 98.0 Å². The fourth-order valence-electron chi connectivity index (χ4n) is 1.15. The van der Waals surface area contributed by atoms with Crippen LogP contribution in [0.5, 0.6) is 0 Å². The van der Waals surface area contributed by atoms with E-state index in [1.165, 1.54) is 0 Å². The molecule has 0 saturated heterocycles. The van der Waals surface area contributed by atoms with Crippen LogP contribution >= 0.6 is 0 Å². The van der Waals surface area contributed by atoms with Gasteiger partial charge in [-0.3, -0.25) is 0 Å². The van der Waals surface area contributed by atoms with Gasteiger partial charge in [0.2, 0.25) is 0 Å². The minimum atomic E-state index is -1.25. The van der Waals surface area contributed by atoms with E-state index >= 15 is 0 Å². The second-order valence-corrected chi connectivity index (χ2v) is 4.50. The molecular weight excluding hydrogens is 227 g/mol. The summed E-state index contributed by atoms with van der Waals surface area (Å²) in [7, 11) is 0. The standard InChI is InChI=1S/C12H13FO4/c1-12(2,3)17-11(16)8-5-4-7(10(14)15)6-9(8)13/h4-6H,1-3H3,(H,14,15). The Morgan fingerprint density at radius 2 is 1.88 bits per heavy atom. The van der Waals surface area contributed by atoms with Crippen LogP contribution in [-0.4, -0.2) is 22.6 Å². The van der Waals surface area contributed by atoms with Gasteiger partial charge in [0.25, 0.3) is 0 Å². The number of carbonyl (C=O) groups is 2. The van der Waals surface area contributed by atoms with Gasteiger partial charge in [0.15, 0.2) is 0 Å². The van der Waals surface area contributed by atoms with Crippen molar-refractivity contribution in [2.24, 2.45) is 0 Å². The molecule has 92 valence electrons. The number of carboxylic acid groups (broad SMARTS) is 1. The average Bonchev–Trinajstić information content (AvgIpc) is 2.14. The molecule has 0 aliphatic heterocycles. The number of rotatable bonds is 2. The first-order chi connectivity index (χ1) is 7.70. The summed E-state index contributed by atoms with van der Waals surface area (Å²) in [6, 6.07) is 3.05. The van der Waals surface area contributed by atoms with Gasteiger partial charge in [-0.05, 0) is 39.0 Å². The van der Waals surface area contributed by atoms with Gasteiger partial charge in [-0.1, -0.05) is 0 Å². The SMILES string of the molecule is CC(C)(C)OC(=O)c1ccc(C(=O)O)cc1F. The highest BCUT2D eigenvalue weighted by Gasteiger charge is 2.21. The van der Waals surface area contributed by atoms with Crippen molar-refractivity contribution in [2.45, 2.75) is 26.4 Å². The van der Waals surface area contributed by atoms with Crippen LogP contribution in [0.1, 0.15) is 41.5 Å². The molecule has 17 heavy (non-hydrogen) atoms. The number of carbonyl (C=O) groups excluding carboxylic acids is 1. The summed E-state index contributed by atoms with van der Waals surface area (Å²) >= 11 is 0. The van der Waals surface area contributed by atoms with Gasteiger partial charge >= 0.3 is 11.9 Å². The first-order valence-corrected chi connectivity index (χ1v) is 4.97. The van der Waals surface area contributed by atoms with Gasteiger partial charge < -0.3 is 9.84 Å². The van der Waals surface area contributed by atoms with E-state index in [0.29, 0.717) is 0 Å². The van der Waals surface area contributed by atoms with E-state index in [1.54, 1.807) is 20.8 Å². The van der Waals surface area contributed by atoms with Crippen molar-refractivity contribution in [1.82, 2.24) is 0 Å². The molecule has 4 nitrogen and oxygen atoms in total. The zero-order chi connectivity index (χ0) is 13.2.